The van der Waals surface area contributed by atoms with Gasteiger partial charge in [-0.15, -0.1) is 0 Å². The van der Waals surface area contributed by atoms with Gasteiger partial charge in [-0.25, -0.2) is 0 Å². The first-order chi connectivity index (χ1) is 12.4. The number of carbonyl (C=O) groups is 2. The van der Waals surface area contributed by atoms with Gasteiger partial charge in [0.2, 0.25) is 5.91 Å². The van der Waals surface area contributed by atoms with Gasteiger partial charge in [0.15, 0.2) is 0 Å². The van der Waals surface area contributed by atoms with Crippen LogP contribution in [0, 0.1) is 0 Å². The van der Waals surface area contributed by atoms with Gasteiger partial charge in [-0.2, -0.15) is 0 Å². The number of nitrogens with one attached hydrogen (secondary N) is 2. The summed E-state index contributed by atoms with van der Waals surface area (Å²) >= 11 is 3.43. The summed E-state index contributed by atoms with van der Waals surface area (Å²) in [5, 5.41) is 5.66. The number of benzene rings is 2. The SMILES string of the molecule is CCCC(=O)Nc1cccc(NC(=O)c2ccc(OC(C)C)c(Br)c2)c1. The van der Waals surface area contributed by atoms with E-state index in [1.165, 1.54) is 0 Å². The maximum atomic E-state index is 12.5. The Balaban J connectivity index is 2.07. The van der Waals surface area contributed by atoms with Crippen LogP contribution < -0.4 is 15.4 Å². The van der Waals surface area contributed by atoms with Gasteiger partial charge in [0, 0.05) is 23.4 Å². The average molecular weight is 419 g/mol. The number of halogens is 1. The number of carbonyl (C=O) groups excluding carboxylic acids is 2. The fourth-order valence-electron chi connectivity index (χ4n) is 2.32. The molecule has 6 heteroatoms. The van der Waals surface area contributed by atoms with Crippen LogP contribution in [0.15, 0.2) is 46.9 Å². The Hall–Kier alpha value is -2.34. The van der Waals surface area contributed by atoms with Crippen molar-refractivity contribution in [2.24, 2.45) is 0 Å². The summed E-state index contributed by atoms with van der Waals surface area (Å²) in [4.78, 5) is 24.2. The van der Waals surface area contributed by atoms with E-state index in [1.807, 2.05) is 20.8 Å². The van der Waals surface area contributed by atoms with Crippen molar-refractivity contribution in [3.8, 4) is 5.75 Å². The van der Waals surface area contributed by atoms with Crippen molar-refractivity contribution >= 4 is 39.1 Å². The van der Waals surface area contributed by atoms with Crippen LogP contribution in [0.2, 0.25) is 0 Å². The van der Waals surface area contributed by atoms with Crippen molar-refractivity contribution in [1.82, 2.24) is 0 Å². The highest BCUT2D eigenvalue weighted by atomic mass is 79.9. The third-order valence-electron chi connectivity index (χ3n) is 3.44. The molecule has 138 valence electrons. The molecule has 0 aromatic heterocycles. The highest BCUT2D eigenvalue weighted by molar-refractivity contribution is 9.10. The number of ether oxygens (including phenoxy) is 1. The Morgan fingerprint density at radius 1 is 1.08 bits per heavy atom. The fourth-order valence-corrected chi connectivity index (χ4v) is 2.79. The predicted molar refractivity (Wildman–Crippen MR) is 108 cm³/mol. The van der Waals surface area contributed by atoms with E-state index in [-0.39, 0.29) is 17.9 Å². The summed E-state index contributed by atoms with van der Waals surface area (Å²) in [5.41, 5.74) is 1.78. The van der Waals surface area contributed by atoms with Crippen molar-refractivity contribution in [2.75, 3.05) is 10.6 Å². The molecule has 2 amide bonds. The molecule has 0 saturated carbocycles. The zero-order valence-electron chi connectivity index (χ0n) is 15.1. The largest absolute Gasteiger partial charge is 0.490 e. The second-order valence-electron chi connectivity index (χ2n) is 6.14. The number of hydrogen-bond acceptors (Lipinski definition) is 3. The van der Waals surface area contributed by atoms with Crippen LogP contribution in [0.5, 0.6) is 5.75 Å². The molecule has 0 fully saturated rings. The summed E-state index contributed by atoms with van der Waals surface area (Å²) < 4.78 is 6.37. The first-order valence-electron chi connectivity index (χ1n) is 8.56. The molecule has 0 aliphatic rings. The van der Waals surface area contributed by atoms with Crippen molar-refractivity contribution in [3.63, 3.8) is 0 Å². The maximum Gasteiger partial charge on any atom is 0.255 e. The normalized spacial score (nSPS) is 10.5. The van der Waals surface area contributed by atoms with Gasteiger partial charge in [0.25, 0.3) is 5.91 Å². The van der Waals surface area contributed by atoms with Crippen LogP contribution in [0.3, 0.4) is 0 Å². The second-order valence-corrected chi connectivity index (χ2v) is 7.00. The van der Waals surface area contributed by atoms with Gasteiger partial charge in [0.05, 0.1) is 10.6 Å². The first kappa shape index (κ1) is 20.0. The van der Waals surface area contributed by atoms with Crippen molar-refractivity contribution in [2.45, 2.75) is 39.7 Å². The second kappa shape index (κ2) is 9.38. The molecule has 2 aromatic rings. The van der Waals surface area contributed by atoms with Crippen LogP contribution in [-0.4, -0.2) is 17.9 Å². The lowest BCUT2D eigenvalue weighted by Gasteiger charge is -2.13. The molecule has 2 aromatic carbocycles. The topological polar surface area (TPSA) is 67.4 Å². The minimum atomic E-state index is -0.237. The third-order valence-corrected chi connectivity index (χ3v) is 4.06. The van der Waals surface area contributed by atoms with Gasteiger partial charge in [0.1, 0.15) is 5.75 Å². The molecule has 2 rings (SSSR count). The van der Waals surface area contributed by atoms with Crippen LogP contribution >= 0.6 is 15.9 Å². The molecule has 0 heterocycles. The molecule has 2 N–H and O–H groups in total. The Morgan fingerprint density at radius 2 is 1.77 bits per heavy atom. The quantitative estimate of drug-likeness (QED) is 0.646. The van der Waals surface area contributed by atoms with Gasteiger partial charge in [-0.05, 0) is 72.6 Å². The Bertz CT molecular complexity index is 790. The van der Waals surface area contributed by atoms with E-state index in [0.29, 0.717) is 29.1 Å². The molecule has 0 radical (unpaired) electrons. The smallest absolute Gasteiger partial charge is 0.255 e. The molecule has 0 aliphatic carbocycles. The van der Waals surface area contributed by atoms with E-state index in [2.05, 4.69) is 26.6 Å². The summed E-state index contributed by atoms with van der Waals surface area (Å²) in [6.07, 6.45) is 1.31. The molecule has 5 nitrogen and oxygen atoms in total. The molecule has 0 atom stereocenters. The van der Waals surface area contributed by atoms with Gasteiger partial charge < -0.3 is 15.4 Å². The number of amides is 2. The molecule has 0 saturated heterocycles. The van der Waals surface area contributed by atoms with Gasteiger partial charge >= 0.3 is 0 Å². The monoisotopic (exact) mass is 418 g/mol. The highest BCUT2D eigenvalue weighted by Crippen LogP contribution is 2.27. The fraction of sp³-hybridized carbons (Fsp3) is 0.300. The molecular formula is C20H23BrN2O3. The lowest BCUT2D eigenvalue weighted by molar-refractivity contribution is -0.116. The molecule has 0 bridgehead atoms. The molecule has 0 aliphatic heterocycles. The number of anilines is 2. The highest BCUT2D eigenvalue weighted by Gasteiger charge is 2.11. The summed E-state index contributed by atoms with van der Waals surface area (Å²) in [7, 11) is 0. The molecule has 26 heavy (non-hydrogen) atoms. The molecule has 0 spiro atoms. The van der Waals surface area contributed by atoms with E-state index in [4.69, 9.17) is 4.74 Å². The van der Waals surface area contributed by atoms with Crippen molar-refractivity contribution in [3.05, 3.63) is 52.5 Å². The minimum absolute atomic E-state index is 0.0411. The van der Waals surface area contributed by atoms with Crippen LogP contribution in [-0.2, 0) is 4.79 Å². The average Bonchev–Trinajstić information content (AvgIpc) is 2.56. The number of rotatable bonds is 7. The lowest BCUT2D eigenvalue weighted by Crippen LogP contribution is -2.14. The molecule has 0 unspecified atom stereocenters. The van der Waals surface area contributed by atoms with E-state index in [9.17, 15) is 9.59 Å². The van der Waals surface area contributed by atoms with Crippen molar-refractivity contribution in [1.29, 1.82) is 0 Å². The van der Waals surface area contributed by atoms with E-state index >= 15 is 0 Å². The number of hydrogen-bond donors (Lipinski definition) is 2. The summed E-state index contributed by atoms with van der Waals surface area (Å²) in [6.45, 7) is 5.84. The Morgan fingerprint density at radius 3 is 2.38 bits per heavy atom. The Kier molecular flexibility index (Phi) is 7.21. The van der Waals surface area contributed by atoms with Crippen LogP contribution in [0.4, 0.5) is 11.4 Å². The third kappa shape index (κ3) is 5.88. The van der Waals surface area contributed by atoms with Gasteiger partial charge in [-0.1, -0.05) is 13.0 Å². The standard InChI is InChI=1S/C20H23BrN2O3/c1-4-6-19(24)22-15-7-5-8-16(12-15)23-20(25)14-9-10-18(17(21)11-14)26-13(2)3/h5,7-13H,4,6H2,1-3H3,(H,22,24)(H,23,25). The lowest BCUT2D eigenvalue weighted by atomic mass is 10.2. The first-order valence-corrected chi connectivity index (χ1v) is 9.35. The van der Waals surface area contributed by atoms with Gasteiger partial charge in [-0.3, -0.25) is 9.59 Å². The zero-order chi connectivity index (χ0) is 19.1. The van der Waals surface area contributed by atoms with Crippen LogP contribution in [0.1, 0.15) is 44.0 Å². The predicted octanol–water partition coefficient (Wildman–Crippen LogP) is 5.23. The van der Waals surface area contributed by atoms with Crippen molar-refractivity contribution < 1.29 is 14.3 Å². The maximum absolute atomic E-state index is 12.5. The Labute approximate surface area is 162 Å². The van der Waals surface area contributed by atoms with Crippen LogP contribution in [0.25, 0.3) is 0 Å². The summed E-state index contributed by atoms with van der Waals surface area (Å²) in [5.74, 6) is 0.414. The molecular weight excluding hydrogens is 396 g/mol. The summed E-state index contributed by atoms with van der Waals surface area (Å²) in [6, 6.07) is 12.3. The zero-order valence-corrected chi connectivity index (χ0v) is 16.7. The minimum Gasteiger partial charge on any atom is -0.490 e. The van der Waals surface area contributed by atoms with E-state index < -0.39 is 0 Å². The van der Waals surface area contributed by atoms with E-state index in [0.717, 1.165) is 10.9 Å². The van der Waals surface area contributed by atoms with E-state index in [1.54, 1.807) is 42.5 Å².